The molecule has 9 heteroatoms. The van der Waals surface area contributed by atoms with Gasteiger partial charge in [0.1, 0.15) is 16.1 Å². The minimum atomic E-state index is -0.576. The third kappa shape index (κ3) is 4.69. The van der Waals surface area contributed by atoms with Gasteiger partial charge in [0.05, 0.1) is 13.2 Å². The van der Waals surface area contributed by atoms with Crippen molar-refractivity contribution in [2.45, 2.75) is 13.8 Å². The van der Waals surface area contributed by atoms with Crippen LogP contribution in [0.4, 0.5) is 5.00 Å². The molecular weight excluding hydrogens is 476 g/mol. The number of carbonyl (C=O) groups is 2. The molecule has 0 radical (unpaired) electrons. The highest BCUT2D eigenvalue weighted by Crippen LogP contribution is 2.37. The maximum atomic E-state index is 13.1. The van der Waals surface area contributed by atoms with Gasteiger partial charge in [-0.3, -0.25) is 10.2 Å². The number of rotatable bonds is 7. The molecule has 4 aromatic rings. The summed E-state index contributed by atoms with van der Waals surface area (Å²) >= 11 is 7.19. The van der Waals surface area contributed by atoms with Crippen molar-refractivity contribution in [1.29, 1.82) is 5.41 Å². The lowest BCUT2D eigenvalue weighted by Crippen LogP contribution is -2.21. The molecule has 2 aromatic heterocycles. The molecule has 2 N–H and O–H groups in total. The molecule has 0 saturated heterocycles. The highest BCUT2D eigenvalue weighted by atomic mass is 35.5. The highest BCUT2D eigenvalue weighted by molar-refractivity contribution is 7.15. The number of halogens is 1. The van der Waals surface area contributed by atoms with Gasteiger partial charge in [-0.1, -0.05) is 35.9 Å². The average Bonchev–Trinajstić information content (AvgIpc) is 3.23. The first kappa shape index (κ1) is 23.5. The molecule has 34 heavy (non-hydrogen) atoms. The van der Waals surface area contributed by atoms with E-state index in [0.29, 0.717) is 38.9 Å². The van der Waals surface area contributed by atoms with Crippen molar-refractivity contribution in [3.8, 4) is 16.9 Å². The van der Waals surface area contributed by atoms with Gasteiger partial charge in [-0.05, 0) is 43.7 Å². The summed E-state index contributed by atoms with van der Waals surface area (Å²) in [5.41, 5.74) is 1.71. The number of carbonyl (C=O) groups excluding carboxylic acids is 2. The molecule has 0 aliphatic heterocycles. The molecule has 174 valence electrons. The summed E-state index contributed by atoms with van der Waals surface area (Å²) in [6.45, 7) is 4.19. The van der Waals surface area contributed by atoms with E-state index in [0.717, 1.165) is 5.56 Å². The van der Waals surface area contributed by atoms with E-state index in [9.17, 15) is 9.59 Å². The first-order valence-electron chi connectivity index (χ1n) is 10.5. The molecular formula is C25H21ClN2O5S. The van der Waals surface area contributed by atoms with Crippen LogP contribution in [0.2, 0.25) is 5.02 Å². The number of thiophene rings is 1. The van der Waals surface area contributed by atoms with Gasteiger partial charge in [0.15, 0.2) is 11.3 Å². The smallest absolute Gasteiger partial charge is 0.341 e. The lowest BCUT2D eigenvalue weighted by molar-refractivity contribution is 0.0529. The van der Waals surface area contributed by atoms with Crippen LogP contribution < -0.4 is 15.6 Å². The molecule has 7 nitrogen and oxygen atoms in total. The van der Waals surface area contributed by atoms with E-state index in [1.54, 1.807) is 60.8 Å². The first-order chi connectivity index (χ1) is 16.4. The maximum Gasteiger partial charge on any atom is 0.341 e. The van der Waals surface area contributed by atoms with Crippen molar-refractivity contribution in [3.63, 3.8) is 0 Å². The van der Waals surface area contributed by atoms with Gasteiger partial charge < -0.3 is 19.2 Å². The molecule has 0 bridgehead atoms. The van der Waals surface area contributed by atoms with Crippen LogP contribution in [0.3, 0.4) is 0 Å². The summed E-state index contributed by atoms with van der Waals surface area (Å²) in [7, 11) is 0. The van der Waals surface area contributed by atoms with Crippen molar-refractivity contribution >= 4 is 50.8 Å². The minimum Gasteiger partial charge on any atom is -0.490 e. The normalized spacial score (nSPS) is 10.8. The topological polar surface area (TPSA) is 102 Å². The Morgan fingerprint density at radius 1 is 1.12 bits per heavy atom. The Hall–Kier alpha value is -3.62. The number of fused-ring (bicyclic) bond motifs is 1. The molecule has 2 heterocycles. The minimum absolute atomic E-state index is 0.0254. The maximum absolute atomic E-state index is 13.1. The van der Waals surface area contributed by atoms with Crippen LogP contribution in [-0.4, -0.2) is 25.1 Å². The van der Waals surface area contributed by atoms with Crippen molar-refractivity contribution in [2.24, 2.45) is 0 Å². The predicted molar refractivity (Wildman–Crippen MR) is 132 cm³/mol. The van der Waals surface area contributed by atoms with Gasteiger partial charge in [-0.2, -0.15) is 0 Å². The summed E-state index contributed by atoms with van der Waals surface area (Å²) < 4.78 is 16.4. The first-order valence-corrected chi connectivity index (χ1v) is 11.8. The Morgan fingerprint density at radius 3 is 2.59 bits per heavy atom. The van der Waals surface area contributed by atoms with Gasteiger partial charge in [0, 0.05) is 21.4 Å². The molecule has 0 aliphatic carbocycles. The molecule has 0 unspecified atom stereocenters. The summed E-state index contributed by atoms with van der Waals surface area (Å²) in [6, 6.07) is 13.9. The number of para-hydroxylation sites is 1. The number of benzene rings is 2. The van der Waals surface area contributed by atoms with E-state index >= 15 is 0 Å². The standard InChI is InChI=1S/C25H21ClN2O5S/c1-3-31-19-7-5-6-15-12-17(22(27)33-21(15)19)23(29)28-24-20(25(30)32-4-2)18(13-34-24)14-8-10-16(26)11-9-14/h5-13,27H,3-4H2,1-2H3,(H,28,29). The van der Waals surface area contributed by atoms with E-state index in [4.69, 9.17) is 30.9 Å². The molecule has 0 saturated carbocycles. The Labute approximate surface area is 204 Å². The van der Waals surface area contributed by atoms with Crippen molar-refractivity contribution in [1.82, 2.24) is 0 Å². The highest BCUT2D eigenvalue weighted by Gasteiger charge is 2.24. The number of hydrogen-bond acceptors (Lipinski definition) is 7. The Bertz CT molecular complexity index is 1430. The molecule has 0 spiro atoms. The second-order valence-electron chi connectivity index (χ2n) is 7.13. The third-order valence-corrected chi connectivity index (χ3v) is 6.10. The van der Waals surface area contributed by atoms with Crippen LogP contribution in [0.15, 0.2) is 58.3 Å². The summed E-state index contributed by atoms with van der Waals surface area (Å²) in [5.74, 6) is -0.636. The van der Waals surface area contributed by atoms with Crippen LogP contribution in [0.25, 0.3) is 22.1 Å². The molecule has 0 fully saturated rings. The van der Waals surface area contributed by atoms with E-state index in [-0.39, 0.29) is 23.3 Å². The zero-order chi connectivity index (χ0) is 24.2. The lowest BCUT2D eigenvalue weighted by atomic mass is 10.0. The van der Waals surface area contributed by atoms with Gasteiger partial charge >= 0.3 is 5.97 Å². The van der Waals surface area contributed by atoms with Gasteiger partial charge in [-0.25, -0.2) is 4.79 Å². The number of anilines is 1. The monoisotopic (exact) mass is 496 g/mol. The molecule has 2 aromatic carbocycles. The van der Waals surface area contributed by atoms with Crippen LogP contribution in [0, 0.1) is 5.41 Å². The van der Waals surface area contributed by atoms with E-state index in [1.807, 2.05) is 6.92 Å². The van der Waals surface area contributed by atoms with Gasteiger partial charge in [-0.15, -0.1) is 11.3 Å². The van der Waals surface area contributed by atoms with Crippen LogP contribution in [0.1, 0.15) is 34.6 Å². The molecule has 1 amide bonds. The SMILES string of the molecule is CCOC(=O)c1c(-c2ccc(Cl)cc2)csc1NC(=O)c1cc2cccc(OCC)c2oc1=N. The van der Waals surface area contributed by atoms with E-state index in [2.05, 4.69) is 5.32 Å². The second kappa shape index (κ2) is 10.1. The zero-order valence-corrected chi connectivity index (χ0v) is 20.0. The van der Waals surface area contributed by atoms with E-state index < -0.39 is 11.9 Å². The largest absolute Gasteiger partial charge is 0.490 e. The number of nitrogens with one attached hydrogen (secondary N) is 2. The van der Waals surface area contributed by atoms with Crippen LogP contribution in [0.5, 0.6) is 5.75 Å². The predicted octanol–water partition coefficient (Wildman–Crippen LogP) is 6.12. The summed E-state index contributed by atoms with van der Waals surface area (Å²) in [5, 5.41) is 14.3. The lowest BCUT2D eigenvalue weighted by Gasteiger charge is -2.10. The van der Waals surface area contributed by atoms with E-state index in [1.165, 1.54) is 11.3 Å². The summed E-state index contributed by atoms with van der Waals surface area (Å²) in [6.07, 6.45) is 0. The Morgan fingerprint density at radius 2 is 1.88 bits per heavy atom. The quantitative estimate of drug-likeness (QED) is 0.300. The Balaban J connectivity index is 1.72. The Kier molecular flexibility index (Phi) is 7.00. The van der Waals surface area contributed by atoms with Gasteiger partial charge in [0.2, 0.25) is 5.55 Å². The zero-order valence-electron chi connectivity index (χ0n) is 18.4. The molecule has 4 rings (SSSR count). The fourth-order valence-corrected chi connectivity index (χ4v) is 4.52. The average molecular weight is 497 g/mol. The summed E-state index contributed by atoms with van der Waals surface area (Å²) in [4.78, 5) is 25.9. The van der Waals surface area contributed by atoms with Crippen molar-refractivity contribution in [3.05, 3.63) is 75.6 Å². The molecule has 0 atom stereocenters. The molecule has 0 aliphatic rings. The number of amides is 1. The van der Waals surface area contributed by atoms with Crippen LogP contribution >= 0.6 is 22.9 Å². The van der Waals surface area contributed by atoms with Crippen molar-refractivity contribution in [2.75, 3.05) is 18.5 Å². The second-order valence-corrected chi connectivity index (χ2v) is 8.45. The number of esters is 1. The van der Waals surface area contributed by atoms with Gasteiger partial charge in [0.25, 0.3) is 5.91 Å². The number of ether oxygens (including phenoxy) is 2. The van der Waals surface area contributed by atoms with Crippen LogP contribution in [-0.2, 0) is 4.74 Å². The number of hydrogen-bond donors (Lipinski definition) is 2. The van der Waals surface area contributed by atoms with Crippen molar-refractivity contribution < 1.29 is 23.5 Å². The third-order valence-electron chi connectivity index (χ3n) is 4.96. The fraction of sp³-hybridized carbons (Fsp3) is 0.160. The fourth-order valence-electron chi connectivity index (χ4n) is 3.44.